The molecule has 1 N–H and O–H groups in total. The molecule has 0 unspecified atom stereocenters. The molecule has 45 heavy (non-hydrogen) atoms. The SMILES string of the molecule is CCOc1ccc2nc(N3C(=O)C(=O)C(=C(O)c4ccc(OC)cc4)[C@H]3c3ccc(OCc4ccccc4)c(OC)c3)sc2c1. The van der Waals surface area contributed by atoms with Crippen molar-refractivity contribution >= 4 is 44.1 Å². The van der Waals surface area contributed by atoms with E-state index in [2.05, 4.69) is 0 Å². The van der Waals surface area contributed by atoms with Gasteiger partial charge in [0.2, 0.25) is 0 Å². The molecule has 0 spiro atoms. The number of nitrogens with zero attached hydrogens (tertiary/aromatic N) is 2. The molecule has 1 saturated heterocycles. The van der Waals surface area contributed by atoms with E-state index >= 15 is 0 Å². The standard InChI is InChI=1S/C35H30N2O7S/c1-4-43-25-15-16-26-29(19-25)45-35(36-26)37-31(30(33(39)34(37)40)32(38)22-10-13-24(41-2)14-11-22)23-12-17-27(28(18-23)42-3)44-20-21-8-6-5-7-9-21/h5-19,31,38H,4,20H2,1-3H3/t31-/m1/s1. The second-order valence-corrected chi connectivity index (χ2v) is 11.2. The van der Waals surface area contributed by atoms with Crippen LogP contribution in [0.15, 0.2) is 96.6 Å². The lowest BCUT2D eigenvalue weighted by Crippen LogP contribution is -2.29. The molecule has 1 atom stereocenters. The van der Waals surface area contributed by atoms with Gasteiger partial charge in [0.05, 0.1) is 42.7 Å². The van der Waals surface area contributed by atoms with Crippen molar-refractivity contribution in [3.8, 4) is 23.0 Å². The average Bonchev–Trinajstić information content (AvgIpc) is 3.61. The zero-order valence-electron chi connectivity index (χ0n) is 24.9. The van der Waals surface area contributed by atoms with Crippen LogP contribution in [0.2, 0.25) is 0 Å². The number of rotatable bonds is 10. The van der Waals surface area contributed by atoms with Gasteiger partial charge in [-0.15, -0.1) is 0 Å². The number of benzene rings is 4. The van der Waals surface area contributed by atoms with Gasteiger partial charge in [-0.2, -0.15) is 0 Å². The summed E-state index contributed by atoms with van der Waals surface area (Å²) in [6, 6.07) is 26.0. The molecule has 6 rings (SSSR count). The van der Waals surface area contributed by atoms with E-state index in [4.69, 9.17) is 23.9 Å². The number of aromatic nitrogens is 1. The Hall–Kier alpha value is -5.35. The predicted octanol–water partition coefficient (Wildman–Crippen LogP) is 6.92. The summed E-state index contributed by atoms with van der Waals surface area (Å²) in [6.07, 6.45) is 0. The molecule has 9 nitrogen and oxygen atoms in total. The third kappa shape index (κ3) is 5.80. The summed E-state index contributed by atoms with van der Waals surface area (Å²) in [6.45, 7) is 2.72. The minimum Gasteiger partial charge on any atom is -0.507 e. The lowest BCUT2D eigenvalue weighted by molar-refractivity contribution is -0.132. The molecule has 0 saturated carbocycles. The van der Waals surface area contributed by atoms with Crippen LogP contribution in [-0.2, 0) is 16.2 Å². The van der Waals surface area contributed by atoms with E-state index < -0.39 is 17.7 Å². The first kappa shape index (κ1) is 29.7. The monoisotopic (exact) mass is 622 g/mol. The molecule has 1 amide bonds. The van der Waals surface area contributed by atoms with Crippen molar-refractivity contribution in [1.82, 2.24) is 4.98 Å². The van der Waals surface area contributed by atoms with E-state index in [0.29, 0.717) is 58.0 Å². The minimum absolute atomic E-state index is 0.0700. The van der Waals surface area contributed by atoms with Crippen LogP contribution in [0.25, 0.3) is 16.0 Å². The lowest BCUT2D eigenvalue weighted by atomic mass is 9.95. The number of hydrogen-bond acceptors (Lipinski definition) is 9. The normalized spacial score (nSPS) is 15.8. The van der Waals surface area contributed by atoms with Crippen LogP contribution in [0, 0.1) is 0 Å². The predicted molar refractivity (Wildman–Crippen MR) is 172 cm³/mol. The van der Waals surface area contributed by atoms with Crippen molar-refractivity contribution in [2.75, 3.05) is 25.7 Å². The third-order valence-electron chi connectivity index (χ3n) is 7.41. The van der Waals surface area contributed by atoms with Crippen LogP contribution < -0.4 is 23.8 Å². The number of methoxy groups -OCH3 is 2. The largest absolute Gasteiger partial charge is 0.507 e. The highest BCUT2D eigenvalue weighted by Gasteiger charge is 2.48. The van der Waals surface area contributed by atoms with Crippen LogP contribution in [0.3, 0.4) is 0 Å². The third-order valence-corrected chi connectivity index (χ3v) is 8.43. The smallest absolute Gasteiger partial charge is 0.301 e. The number of anilines is 1. The number of amides is 1. The van der Waals surface area contributed by atoms with E-state index in [1.165, 1.54) is 30.5 Å². The molecule has 5 aromatic rings. The maximum absolute atomic E-state index is 13.8. The molecule has 1 aliphatic rings. The Labute approximate surface area is 263 Å². The van der Waals surface area contributed by atoms with Crippen molar-refractivity contribution in [2.45, 2.75) is 19.6 Å². The van der Waals surface area contributed by atoms with Gasteiger partial charge < -0.3 is 24.1 Å². The quantitative estimate of drug-likeness (QED) is 0.102. The molecular weight excluding hydrogens is 592 g/mol. The Kier molecular flexibility index (Phi) is 8.39. The number of thiazole rings is 1. The number of Topliss-reactive ketones (excluding diaryl/α,β-unsaturated/α-hetero) is 1. The molecule has 1 fully saturated rings. The van der Waals surface area contributed by atoms with Gasteiger partial charge in [0, 0.05) is 5.56 Å². The molecule has 0 bridgehead atoms. The van der Waals surface area contributed by atoms with E-state index in [9.17, 15) is 14.7 Å². The number of carbonyl (C=O) groups excluding carboxylic acids is 2. The van der Waals surface area contributed by atoms with Gasteiger partial charge in [-0.3, -0.25) is 14.5 Å². The first-order valence-electron chi connectivity index (χ1n) is 14.2. The zero-order valence-corrected chi connectivity index (χ0v) is 25.7. The molecule has 1 aromatic heterocycles. The first-order chi connectivity index (χ1) is 21.9. The number of fused-ring (bicyclic) bond motifs is 1. The molecule has 2 heterocycles. The Balaban J connectivity index is 1.46. The summed E-state index contributed by atoms with van der Waals surface area (Å²) in [5, 5.41) is 11.9. The van der Waals surface area contributed by atoms with E-state index in [0.717, 1.165) is 10.3 Å². The van der Waals surface area contributed by atoms with Gasteiger partial charge in [-0.25, -0.2) is 4.98 Å². The van der Waals surface area contributed by atoms with Gasteiger partial charge >= 0.3 is 5.91 Å². The molecule has 1 aliphatic heterocycles. The van der Waals surface area contributed by atoms with Crippen LogP contribution in [0.5, 0.6) is 23.0 Å². The van der Waals surface area contributed by atoms with Crippen molar-refractivity contribution in [3.63, 3.8) is 0 Å². The van der Waals surface area contributed by atoms with E-state index in [1.54, 1.807) is 42.5 Å². The number of hydrogen-bond donors (Lipinski definition) is 1. The molecule has 0 radical (unpaired) electrons. The average molecular weight is 623 g/mol. The number of ketones is 1. The molecule has 10 heteroatoms. The van der Waals surface area contributed by atoms with Crippen LogP contribution in [0.4, 0.5) is 5.13 Å². The number of ether oxygens (including phenoxy) is 4. The molecule has 0 aliphatic carbocycles. The minimum atomic E-state index is -1.00. The Bertz CT molecular complexity index is 1900. The fraction of sp³-hybridized carbons (Fsp3) is 0.171. The summed E-state index contributed by atoms with van der Waals surface area (Å²) in [4.78, 5) is 33.5. The Morgan fingerprint density at radius 3 is 2.33 bits per heavy atom. The first-order valence-corrected chi connectivity index (χ1v) is 15.1. The number of aliphatic hydroxyl groups is 1. The van der Waals surface area contributed by atoms with Crippen molar-refractivity contribution < 1.29 is 33.6 Å². The molecule has 4 aromatic carbocycles. The highest BCUT2D eigenvalue weighted by molar-refractivity contribution is 7.22. The van der Waals surface area contributed by atoms with Crippen molar-refractivity contribution in [1.29, 1.82) is 0 Å². The Morgan fingerprint density at radius 1 is 0.867 bits per heavy atom. The maximum atomic E-state index is 13.8. The highest BCUT2D eigenvalue weighted by Crippen LogP contribution is 2.46. The second kappa shape index (κ2) is 12.7. The zero-order chi connectivity index (χ0) is 31.5. The number of carbonyl (C=O) groups is 2. The van der Waals surface area contributed by atoms with Gasteiger partial charge in [-0.05, 0) is 72.6 Å². The fourth-order valence-electron chi connectivity index (χ4n) is 5.21. The van der Waals surface area contributed by atoms with E-state index in [1.807, 2.05) is 55.5 Å². The van der Waals surface area contributed by atoms with Crippen molar-refractivity contribution in [2.24, 2.45) is 0 Å². The summed E-state index contributed by atoms with van der Waals surface area (Å²) in [5.74, 6) is 0.208. The summed E-state index contributed by atoms with van der Waals surface area (Å²) in [5.41, 5.74) is 2.46. The van der Waals surface area contributed by atoms with Crippen LogP contribution in [-0.4, -0.2) is 42.6 Å². The lowest BCUT2D eigenvalue weighted by Gasteiger charge is -2.24. The molecular formula is C35H30N2O7S. The van der Waals surface area contributed by atoms with Gasteiger partial charge in [0.25, 0.3) is 5.78 Å². The molecule has 228 valence electrons. The number of aliphatic hydroxyl groups excluding tert-OH is 1. The van der Waals surface area contributed by atoms with E-state index in [-0.39, 0.29) is 11.3 Å². The topological polar surface area (TPSA) is 107 Å². The van der Waals surface area contributed by atoms with Crippen LogP contribution in [0.1, 0.15) is 29.7 Å². The summed E-state index contributed by atoms with van der Waals surface area (Å²) < 4.78 is 23.4. The fourth-order valence-corrected chi connectivity index (χ4v) is 6.23. The van der Waals surface area contributed by atoms with Crippen LogP contribution >= 0.6 is 11.3 Å². The highest BCUT2D eigenvalue weighted by atomic mass is 32.1. The van der Waals surface area contributed by atoms with Gasteiger partial charge in [-0.1, -0.05) is 47.7 Å². The summed E-state index contributed by atoms with van der Waals surface area (Å²) in [7, 11) is 3.06. The second-order valence-electron chi connectivity index (χ2n) is 10.1. The van der Waals surface area contributed by atoms with Gasteiger partial charge in [0.15, 0.2) is 16.6 Å². The maximum Gasteiger partial charge on any atom is 0.301 e. The summed E-state index contributed by atoms with van der Waals surface area (Å²) >= 11 is 1.26. The van der Waals surface area contributed by atoms with Gasteiger partial charge in [0.1, 0.15) is 23.9 Å². The Morgan fingerprint density at radius 2 is 1.62 bits per heavy atom. The van der Waals surface area contributed by atoms with Crippen molar-refractivity contribution in [3.05, 3.63) is 113 Å².